The molecule has 4 aliphatic rings. The summed E-state index contributed by atoms with van der Waals surface area (Å²) in [7, 11) is 0. The SMILES string of the molecule is CC1c2c(I)ccc(O)c2C(O)=C2C(=O)C3(O)C(O)=C(C(N)=O)C(=O)CC3C(OC(=O)C3CCCCC3)C21. The number of carbonyl (C=O) groups excluding carboxylic acids is 4. The van der Waals surface area contributed by atoms with Crippen LogP contribution in [0.5, 0.6) is 5.75 Å². The van der Waals surface area contributed by atoms with Crippen LogP contribution in [0.1, 0.15) is 62.5 Å². The Labute approximate surface area is 231 Å². The summed E-state index contributed by atoms with van der Waals surface area (Å²) in [5.41, 5.74) is 1.68. The first-order chi connectivity index (χ1) is 17.9. The van der Waals surface area contributed by atoms with Crippen molar-refractivity contribution in [2.24, 2.45) is 23.5 Å². The van der Waals surface area contributed by atoms with Gasteiger partial charge in [0.25, 0.3) is 5.91 Å². The molecule has 1 aromatic carbocycles. The highest BCUT2D eigenvalue weighted by atomic mass is 127. The number of primary amides is 1. The van der Waals surface area contributed by atoms with Crippen molar-refractivity contribution in [1.82, 2.24) is 0 Å². The Morgan fingerprint density at radius 2 is 1.76 bits per heavy atom. The number of hydrogen-bond donors (Lipinski definition) is 5. The number of halogens is 1. The van der Waals surface area contributed by atoms with E-state index in [4.69, 9.17) is 10.5 Å². The topological polar surface area (TPSA) is 184 Å². The van der Waals surface area contributed by atoms with Gasteiger partial charge < -0.3 is 30.9 Å². The molecule has 5 atom stereocenters. The Balaban J connectivity index is 1.74. The van der Waals surface area contributed by atoms with Crippen molar-refractivity contribution < 1.29 is 44.3 Å². The molecule has 0 aromatic heterocycles. The van der Waals surface area contributed by atoms with Gasteiger partial charge in [-0.25, -0.2) is 0 Å². The maximum atomic E-state index is 13.9. The zero-order valence-electron chi connectivity index (χ0n) is 20.6. The quantitative estimate of drug-likeness (QED) is 0.189. The predicted octanol–water partition coefficient (Wildman–Crippen LogP) is 2.69. The maximum Gasteiger partial charge on any atom is 0.309 e. The van der Waals surface area contributed by atoms with Gasteiger partial charge in [0.1, 0.15) is 28.9 Å². The molecule has 1 aromatic rings. The normalized spacial score (nSPS) is 31.4. The zero-order valence-corrected chi connectivity index (χ0v) is 22.7. The van der Waals surface area contributed by atoms with E-state index in [0.29, 0.717) is 22.0 Å². The third-order valence-electron chi connectivity index (χ3n) is 8.59. The van der Waals surface area contributed by atoms with Crippen LogP contribution in [0.25, 0.3) is 5.76 Å². The van der Waals surface area contributed by atoms with E-state index in [1.807, 2.05) is 22.6 Å². The number of ether oxygens (including phenoxy) is 1. The van der Waals surface area contributed by atoms with Crippen LogP contribution in [0.3, 0.4) is 0 Å². The number of fused-ring (bicyclic) bond motifs is 3. The van der Waals surface area contributed by atoms with Crippen molar-refractivity contribution in [1.29, 1.82) is 0 Å². The van der Waals surface area contributed by atoms with Gasteiger partial charge in [-0.1, -0.05) is 26.2 Å². The van der Waals surface area contributed by atoms with E-state index in [1.165, 1.54) is 6.07 Å². The third kappa shape index (κ3) is 3.69. The summed E-state index contributed by atoms with van der Waals surface area (Å²) in [6.07, 6.45) is 2.00. The zero-order chi connectivity index (χ0) is 27.7. The Morgan fingerprint density at radius 3 is 2.39 bits per heavy atom. The number of phenolic OH excluding ortho intramolecular Hbond substituents is 1. The molecule has 0 spiro atoms. The summed E-state index contributed by atoms with van der Waals surface area (Å²) >= 11 is 2.04. The van der Waals surface area contributed by atoms with E-state index in [1.54, 1.807) is 13.0 Å². The molecular weight excluding hydrogens is 609 g/mol. The van der Waals surface area contributed by atoms with Gasteiger partial charge in [-0.05, 0) is 59.0 Å². The van der Waals surface area contributed by atoms with Crippen LogP contribution in [0.2, 0.25) is 0 Å². The van der Waals surface area contributed by atoms with Gasteiger partial charge in [0.15, 0.2) is 11.4 Å². The molecule has 5 rings (SSSR count). The minimum absolute atomic E-state index is 0.00566. The highest BCUT2D eigenvalue weighted by Crippen LogP contribution is 2.57. The molecule has 6 N–H and O–H groups in total. The van der Waals surface area contributed by atoms with Gasteiger partial charge in [0.2, 0.25) is 5.78 Å². The molecule has 11 heteroatoms. The minimum Gasteiger partial charge on any atom is -0.508 e. The Hall–Kier alpha value is -2.93. The summed E-state index contributed by atoms with van der Waals surface area (Å²) in [5, 5.41) is 44.7. The fraction of sp³-hybridized carbons (Fsp3) is 0.481. The molecule has 10 nitrogen and oxygen atoms in total. The van der Waals surface area contributed by atoms with Crippen molar-refractivity contribution in [3.05, 3.63) is 43.7 Å². The van der Waals surface area contributed by atoms with Crippen molar-refractivity contribution in [2.75, 3.05) is 0 Å². The van der Waals surface area contributed by atoms with Gasteiger partial charge >= 0.3 is 5.97 Å². The summed E-state index contributed by atoms with van der Waals surface area (Å²) < 4.78 is 6.69. The lowest BCUT2D eigenvalue weighted by Gasteiger charge is -2.51. The lowest BCUT2D eigenvalue weighted by Crippen LogP contribution is -2.64. The number of ketones is 2. The molecule has 0 aliphatic heterocycles. The number of aliphatic hydroxyl groups excluding tert-OH is 2. The number of benzene rings is 1. The van der Waals surface area contributed by atoms with Crippen LogP contribution < -0.4 is 5.73 Å². The van der Waals surface area contributed by atoms with E-state index in [0.717, 1.165) is 19.3 Å². The molecule has 5 unspecified atom stereocenters. The van der Waals surface area contributed by atoms with Gasteiger partial charge in [0.05, 0.1) is 11.5 Å². The van der Waals surface area contributed by atoms with E-state index < -0.39 is 82.3 Å². The standard InChI is InChI=1S/C27H28INO9/c1-10-16-13(28)7-8-14(30)18(16)21(32)20-17(10)22(38-26(36)11-5-3-2-4-6-11)12-9-15(31)19(25(29)35)23(33)27(12,37)24(20)34/h7-8,10-12,17,22,30,32-33,37H,2-6,9H2,1H3,(H2,29,35). The van der Waals surface area contributed by atoms with Crippen LogP contribution >= 0.6 is 22.6 Å². The molecular formula is C27H28INO9. The summed E-state index contributed by atoms with van der Waals surface area (Å²) in [5.74, 6) is -9.50. The molecule has 1 amide bonds. The summed E-state index contributed by atoms with van der Waals surface area (Å²) in [4.78, 5) is 52.2. The maximum absolute atomic E-state index is 13.9. The van der Waals surface area contributed by atoms with Crippen molar-refractivity contribution >= 4 is 51.8 Å². The second-order valence-corrected chi connectivity index (χ2v) is 11.7. The number of aromatic hydroxyl groups is 1. The molecule has 2 fully saturated rings. The molecule has 4 aliphatic carbocycles. The third-order valence-corrected chi connectivity index (χ3v) is 9.53. The smallest absolute Gasteiger partial charge is 0.309 e. The van der Waals surface area contributed by atoms with Gasteiger partial charge in [-0.15, -0.1) is 0 Å². The van der Waals surface area contributed by atoms with E-state index in [-0.39, 0.29) is 16.9 Å². The second-order valence-electron chi connectivity index (χ2n) is 10.6. The highest BCUT2D eigenvalue weighted by Gasteiger charge is 2.66. The summed E-state index contributed by atoms with van der Waals surface area (Å²) in [6.45, 7) is 1.74. The first kappa shape index (κ1) is 26.7. The van der Waals surface area contributed by atoms with Gasteiger partial charge in [-0.2, -0.15) is 0 Å². The Morgan fingerprint density at radius 1 is 1.11 bits per heavy atom. The van der Waals surface area contributed by atoms with E-state index in [2.05, 4.69) is 0 Å². The molecule has 0 bridgehead atoms. The summed E-state index contributed by atoms with van der Waals surface area (Å²) in [6, 6.07) is 3.00. The molecule has 38 heavy (non-hydrogen) atoms. The molecule has 0 radical (unpaired) electrons. The first-order valence-corrected chi connectivity index (χ1v) is 13.7. The van der Waals surface area contributed by atoms with Crippen LogP contribution in [-0.2, 0) is 23.9 Å². The number of hydrogen-bond acceptors (Lipinski definition) is 9. The van der Waals surface area contributed by atoms with Crippen LogP contribution in [0.4, 0.5) is 0 Å². The molecule has 0 heterocycles. The number of carbonyl (C=O) groups is 4. The van der Waals surface area contributed by atoms with Gasteiger partial charge in [0, 0.05) is 27.4 Å². The number of Topliss-reactive ketones (excluding diaryl/α,β-unsaturated/α-hetero) is 2. The molecule has 0 saturated heterocycles. The lowest BCUT2D eigenvalue weighted by molar-refractivity contribution is -0.182. The predicted molar refractivity (Wildman–Crippen MR) is 141 cm³/mol. The molecule has 2 saturated carbocycles. The number of phenols is 1. The number of esters is 1. The monoisotopic (exact) mass is 637 g/mol. The van der Waals surface area contributed by atoms with Crippen LogP contribution in [-0.4, -0.2) is 55.6 Å². The fourth-order valence-corrected chi connectivity index (χ4v) is 7.66. The Bertz CT molecular complexity index is 1340. The van der Waals surface area contributed by atoms with Crippen molar-refractivity contribution in [2.45, 2.75) is 63.1 Å². The van der Waals surface area contributed by atoms with Crippen LogP contribution in [0.15, 0.2) is 29.0 Å². The van der Waals surface area contributed by atoms with Gasteiger partial charge in [-0.3, -0.25) is 19.2 Å². The number of nitrogens with two attached hydrogens (primary N) is 1. The fourth-order valence-electron chi connectivity index (χ4n) is 6.72. The second kappa shape index (κ2) is 9.37. The van der Waals surface area contributed by atoms with E-state index >= 15 is 0 Å². The average Bonchev–Trinajstić information content (AvgIpc) is 2.87. The van der Waals surface area contributed by atoms with Crippen molar-refractivity contribution in [3.63, 3.8) is 0 Å². The lowest BCUT2D eigenvalue weighted by atomic mass is 9.55. The Kier molecular flexibility index (Phi) is 6.57. The number of rotatable bonds is 3. The largest absolute Gasteiger partial charge is 0.508 e. The minimum atomic E-state index is -2.86. The van der Waals surface area contributed by atoms with Crippen molar-refractivity contribution in [3.8, 4) is 5.75 Å². The number of amides is 1. The first-order valence-electron chi connectivity index (χ1n) is 12.6. The van der Waals surface area contributed by atoms with Crippen LogP contribution in [0, 0.1) is 21.3 Å². The number of aliphatic hydroxyl groups is 3. The van der Waals surface area contributed by atoms with E-state index in [9.17, 15) is 39.6 Å². The molecule has 202 valence electrons. The highest BCUT2D eigenvalue weighted by molar-refractivity contribution is 14.1. The average molecular weight is 637 g/mol.